The fourth-order valence-electron chi connectivity index (χ4n) is 0.960. The van der Waals surface area contributed by atoms with Crippen molar-refractivity contribution < 1.29 is 9.47 Å². The Hall–Kier alpha value is -0.520. The zero-order valence-electron chi connectivity index (χ0n) is 8.71. The van der Waals surface area contributed by atoms with E-state index in [1.807, 2.05) is 6.92 Å². The fourth-order valence-corrected chi connectivity index (χ4v) is 0.960. The zero-order valence-corrected chi connectivity index (χ0v) is 8.71. The first-order valence-corrected chi connectivity index (χ1v) is 4.94. The van der Waals surface area contributed by atoms with E-state index in [1.54, 1.807) is 0 Å². The average Bonchev–Trinajstić information content (AvgIpc) is 2.14. The molecule has 76 valence electrons. The van der Waals surface area contributed by atoms with Gasteiger partial charge in [-0.25, -0.2) is 0 Å². The van der Waals surface area contributed by atoms with Crippen LogP contribution in [0.4, 0.5) is 0 Å². The summed E-state index contributed by atoms with van der Waals surface area (Å²) in [6, 6.07) is 0. The molecule has 0 aliphatic carbocycles. The maximum absolute atomic E-state index is 5.52. The predicted octanol–water partition coefficient (Wildman–Crippen LogP) is 2.23. The minimum atomic E-state index is 0.276. The quantitative estimate of drug-likeness (QED) is 0.425. The van der Waals surface area contributed by atoms with Crippen LogP contribution >= 0.6 is 0 Å². The highest BCUT2D eigenvalue weighted by Gasteiger charge is 1.99. The van der Waals surface area contributed by atoms with Crippen molar-refractivity contribution >= 4 is 0 Å². The monoisotopic (exact) mass is 184 g/mol. The summed E-state index contributed by atoms with van der Waals surface area (Å²) in [5.41, 5.74) is 0. The van der Waals surface area contributed by atoms with Crippen molar-refractivity contribution in [2.45, 2.75) is 39.2 Å². The lowest BCUT2D eigenvalue weighted by Gasteiger charge is -2.11. The normalized spacial score (nSPS) is 12.4. The average molecular weight is 184 g/mol. The Morgan fingerprint density at radius 2 is 2.15 bits per heavy atom. The van der Waals surface area contributed by atoms with Gasteiger partial charge >= 0.3 is 0 Å². The lowest BCUT2D eigenvalue weighted by molar-refractivity contribution is 0.0411. The van der Waals surface area contributed by atoms with Gasteiger partial charge in [0.25, 0.3) is 0 Å². The van der Waals surface area contributed by atoms with Crippen LogP contribution in [0.2, 0.25) is 0 Å². The van der Waals surface area contributed by atoms with Gasteiger partial charge in [-0.1, -0.05) is 0 Å². The molecule has 0 spiro atoms. The largest absolute Gasteiger partial charge is 0.382 e. The summed E-state index contributed by atoms with van der Waals surface area (Å²) in [5, 5.41) is 0. The molecule has 0 saturated carbocycles. The van der Waals surface area contributed by atoms with E-state index in [2.05, 4.69) is 12.8 Å². The van der Waals surface area contributed by atoms with Crippen LogP contribution in [0.15, 0.2) is 0 Å². The highest BCUT2D eigenvalue weighted by atomic mass is 16.5. The summed E-state index contributed by atoms with van der Waals surface area (Å²) in [5.74, 6) is 2.60. The van der Waals surface area contributed by atoms with Crippen LogP contribution in [-0.2, 0) is 9.47 Å². The van der Waals surface area contributed by atoms with Crippen molar-refractivity contribution in [3.8, 4) is 12.3 Å². The molecule has 2 nitrogen and oxygen atoms in total. The number of ether oxygens (including phenoxy) is 2. The summed E-state index contributed by atoms with van der Waals surface area (Å²) < 4.78 is 10.7. The lowest BCUT2D eigenvalue weighted by Crippen LogP contribution is -2.10. The fraction of sp³-hybridized carbons (Fsp3) is 0.818. The standard InChI is InChI=1S/C11H20O2/c1-4-6-8-11(3)13-10-7-9-12-5-2/h1,11H,5-10H2,2-3H3. The van der Waals surface area contributed by atoms with E-state index in [-0.39, 0.29) is 6.10 Å². The minimum Gasteiger partial charge on any atom is -0.382 e. The molecule has 0 heterocycles. The molecule has 0 rings (SSSR count). The molecule has 0 fully saturated rings. The molecule has 0 saturated heterocycles. The second-order valence-electron chi connectivity index (χ2n) is 2.97. The summed E-state index contributed by atoms with van der Waals surface area (Å²) in [6.07, 6.45) is 8.14. The topological polar surface area (TPSA) is 18.5 Å². The van der Waals surface area contributed by atoms with Crippen LogP contribution in [-0.4, -0.2) is 25.9 Å². The van der Waals surface area contributed by atoms with Gasteiger partial charge in [-0.3, -0.25) is 0 Å². The second-order valence-corrected chi connectivity index (χ2v) is 2.97. The van der Waals surface area contributed by atoms with E-state index in [9.17, 15) is 0 Å². The van der Waals surface area contributed by atoms with E-state index < -0.39 is 0 Å². The van der Waals surface area contributed by atoms with Gasteiger partial charge in [-0.2, -0.15) is 0 Å². The molecule has 0 aliphatic heterocycles. The van der Waals surface area contributed by atoms with Gasteiger partial charge in [0.15, 0.2) is 0 Å². The van der Waals surface area contributed by atoms with Gasteiger partial charge in [0.2, 0.25) is 0 Å². The Morgan fingerprint density at radius 3 is 2.77 bits per heavy atom. The third-order valence-electron chi connectivity index (χ3n) is 1.73. The van der Waals surface area contributed by atoms with Crippen molar-refractivity contribution in [3.05, 3.63) is 0 Å². The van der Waals surface area contributed by atoms with Gasteiger partial charge in [-0.15, -0.1) is 12.3 Å². The van der Waals surface area contributed by atoms with Gasteiger partial charge in [0, 0.05) is 26.2 Å². The Bertz CT molecular complexity index is 138. The van der Waals surface area contributed by atoms with Crippen LogP contribution in [0.1, 0.15) is 33.1 Å². The summed E-state index contributed by atoms with van der Waals surface area (Å²) >= 11 is 0. The van der Waals surface area contributed by atoms with E-state index in [0.717, 1.165) is 39.1 Å². The minimum absolute atomic E-state index is 0.276. The molecule has 0 radical (unpaired) electrons. The van der Waals surface area contributed by atoms with Crippen LogP contribution in [0.5, 0.6) is 0 Å². The van der Waals surface area contributed by atoms with E-state index in [4.69, 9.17) is 15.9 Å². The Balaban J connectivity index is 3.08. The number of hydrogen-bond donors (Lipinski definition) is 0. The van der Waals surface area contributed by atoms with Crippen molar-refractivity contribution in [1.29, 1.82) is 0 Å². The first-order chi connectivity index (χ1) is 6.31. The first-order valence-electron chi connectivity index (χ1n) is 4.94. The van der Waals surface area contributed by atoms with Crippen molar-refractivity contribution in [2.24, 2.45) is 0 Å². The third-order valence-corrected chi connectivity index (χ3v) is 1.73. The molecule has 0 amide bonds. The highest BCUT2D eigenvalue weighted by molar-refractivity contribution is 4.83. The van der Waals surface area contributed by atoms with Crippen molar-refractivity contribution in [2.75, 3.05) is 19.8 Å². The molecule has 1 atom stereocenters. The molecule has 2 heteroatoms. The Labute approximate surface area is 81.6 Å². The predicted molar refractivity (Wildman–Crippen MR) is 54.6 cm³/mol. The van der Waals surface area contributed by atoms with E-state index in [1.165, 1.54) is 0 Å². The maximum Gasteiger partial charge on any atom is 0.0556 e. The van der Waals surface area contributed by atoms with Crippen LogP contribution in [0.25, 0.3) is 0 Å². The zero-order chi connectivity index (χ0) is 9.94. The Kier molecular flexibility index (Phi) is 9.18. The first kappa shape index (κ1) is 12.5. The van der Waals surface area contributed by atoms with Gasteiger partial charge < -0.3 is 9.47 Å². The maximum atomic E-state index is 5.52. The molecular formula is C11H20O2. The molecular weight excluding hydrogens is 164 g/mol. The summed E-state index contributed by atoms with van der Waals surface area (Å²) in [6.45, 7) is 6.39. The lowest BCUT2D eigenvalue weighted by atomic mass is 10.2. The molecule has 1 unspecified atom stereocenters. The highest BCUT2D eigenvalue weighted by Crippen LogP contribution is 2.01. The van der Waals surface area contributed by atoms with Crippen LogP contribution in [0, 0.1) is 12.3 Å². The SMILES string of the molecule is C#CCCC(C)OCCCOCC. The molecule has 0 aromatic heterocycles. The van der Waals surface area contributed by atoms with Gasteiger partial charge in [0.05, 0.1) is 6.10 Å². The van der Waals surface area contributed by atoms with Crippen LogP contribution in [0.3, 0.4) is 0 Å². The van der Waals surface area contributed by atoms with Gasteiger partial charge in [0.1, 0.15) is 0 Å². The third kappa shape index (κ3) is 9.39. The molecule has 0 aromatic carbocycles. The van der Waals surface area contributed by atoms with E-state index in [0.29, 0.717) is 0 Å². The second kappa shape index (κ2) is 9.57. The smallest absolute Gasteiger partial charge is 0.0556 e. The van der Waals surface area contributed by atoms with Crippen LogP contribution < -0.4 is 0 Å². The number of hydrogen-bond acceptors (Lipinski definition) is 2. The van der Waals surface area contributed by atoms with Gasteiger partial charge in [-0.05, 0) is 26.7 Å². The molecule has 0 bridgehead atoms. The number of rotatable bonds is 8. The number of terminal acetylenes is 1. The molecule has 0 aromatic rings. The van der Waals surface area contributed by atoms with E-state index >= 15 is 0 Å². The molecule has 0 N–H and O–H groups in total. The molecule has 0 aliphatic rings. The molecule has 13 heavy (non-hydrogen) atoms. The summed E-state index contributed by atoms with van der Waals surface area (Å²) in [4.78, 5) is 0. The Morgan fingerprint density at radius 1 is 1.38 bits per heavy atom. The van der Waals surface area contributed by atoms with Crippen molar-refractivity contribution in [3.63, 3.8) is 0 Å². The van der Waals surface area contributed by atoms with Crippen molar-refractivity contribution in [1.82, 2.24) is 0 Å². The summed E-state index contributed by atoms with van der Waals surface area (Å²) in [7, 11) is 0.